The van der Waals surface area contributed by atoms with Gasteiger partial charge < -0.3 is 14.4 Å². The van der Waals surface area contributed by atoms with Gasteiger partial charge in [0.15, 0.2) is 11.6 Å². The van der Waals surface area contributed by atoms with E-state index in [9.17, 15) is 13.6 Å². The van der Waals surface area contributed by atoms with Crippen LogP contribution < -0.4 is 14.5 Å². The predicted octanol–water partition coefficient (Wildman–Crippen LogP) is 1.56. The van der Waals surface area contributed by atoms with Crippen molar-refractivity contribution in [1.29, 1.82) is 0 Å². The van der Waals surface area contributed by atoms with Crippen molar-refractivity contribution in [2.75, 3.05) is 49.2 Å². The Labute approximate surface area is 143 Å². The van der Waals surface area contributed by atoms with E-state index < -0.39 is 23.8 Å². The number of hydrogen-bond donors (Lipinski definition) is 2. The van der Waals surface area contributed by atoms with Crippen LogP contribution in [0.3, 0.4) is 0 Å². The average molecular weight is 357 g/mol. The molecule has 6 nitrogen and oxygen atoms in total. The van der Waals surface area contributed by atoms with Crippen molar-refractivity contribution in [2.45, 2.75) is 6.10 Å². The maximum Gasteiger partial charge on any atom is 0.414 e. The number of thiol groups is 1. The van der Waals surface area contributed by atoms with Crippen molar-refractivity contribution in [3.05, 3.63) is 23.8 Å². The molecule has 3 aliphatic rings. The number of nitrogens with one attached hydrogen (secondary N) is 1. The van der Waals surface area contributed by atoms with Crippen LogP contribution in [0.1, 0.15) is 0 Å². The summed E-state index contributed by atoms with van der Waals surface area (Å²) in [6.45, 7) is 3.03. The van der Waals surface area contributed by atoms with Gasteiger partial charge in [-0.25, -0.2) is 13.6 Å². The van der Waals surface area contributed by atoms with Crippen molar-refractivity contribution in [1.82, 2.24) is 4.72 Å². The lowest BCUT2D eigenvalue weighted by Gasteiger charge is -2.56. The number of hydrogen-bond acceptors (Lipinski definition) is 6. The van der Waals surface area contributed by atoms with E-state index in [0.717, 1.165) is 0 Å². The third kappa shape index (κ3) is 2.51. The summed E-state index contributed by atoms with van der Waals surface area (Å²) in [4.78, 5) is 14.8. The van der Waals surface area contributed by atoms with Crippen LogP contribution in [0.2, 0.25) is 0 Å². The molecule has 3 fully saturated rings. The van der Waals surface area contributed by atoms with E-state index in [1.165, 1.54) is 17.0 Å². The molecule has 3 heterocycles. The number of anilines is 2. The molecule has 0 saturated carbocycles. The number of ether oxygens (including phenoxy) is 2. The van der Waals surface area contributed by atoms with Crippen molar-refractivity contribution in [3.8, 4) is 0 Å². The molecule has 0 radical (unpaired) electrons. The molecule has 0 bridgehead atoms. The third-order valence-corrected chi connectivity index (χ3v) is 4.87. The van der Waals surface area contributed by atoms with Crippen LogP contribution in [0.4, 0.5) is 25.0 Å². The maximum absolute atomic E-state index is 14.5. The summed E-state index contributed by atoms with van der Waals surface area (Å²) in [7, 11) is 0. The number of rotatable bonds is 4. The Kier molecular flexibility index (Phi) is 3.81. The third-order valence-electron chi connectivity index (χ3n) is 4.69. The van der Waals surface area contributed by atoms with Gasteiger partial charge in [0.2, 0.25) is 0 Å². The fourth-order valence-corrected chi connectivity index (χ4v) is 3.65. The minimum absolute atomic E-state index is 0.0441. The van der Waals surface area contributed by atoms with Gasteiger partial charge in [-0.3, -0.25) is 9.62 Å². The van der Waals surface area contributed by atoms with E-state index in [2.05, 4.69) is 17.5 Å². The molecule has 1 aromatic carbocycles. The quantitative estimate of drug-likeness (QED) is 0.801. The van der Waals surface area contributed by atoms with Gasteiger partial charge in [0.1, 0.15) is 11.8 Å². The summed E-state index contributed by atoms with van der Waals surface area (Å²) < 4.78 is 41.8. The lowest BCUT2D eigenvalue weighted by Crippen LogP contribution is -2.66. The number of cyclic esters (lactones) is 1. The number of nitrogens with zero attached hydrogens (tertiary/aromatic N) is 2. The smallest absolute Gasteiger partial charge is 0.414 e. The first kappa shape index (κ1) is 15.9. The van der Waals surface area contributed by atoms with E-state index >= 15 is 0 Å². The molecule has 0 aliphatic carbocycles. The van der Waals surface area contributed by atoms with Gasteiger partial charge >= 0.3 is 6.09 Å². The number of carbonyl (C=O) groups excluding carboxylic acids is 1. The first-order valence-electron chi connectivity index (χ1n) is 7.68. The molecular weight excluding hydrogens is 340 g/mol. The van der Waals surface area contributed by atoms with E-state index in [1.807, 2.05) is 0 Å². The summed E-state index contributed by atoms with van der Waals surface area (Å²) in [5, 5.41) is 0. The summed E-state index contributed by atoms with van der Waals surface area (Å²) in [6, 6.07) is 2.36. The topological polar surface area (TPSA) is 54.0 Å². The van der Waals surface area contributed by atoms with E-state index in [4.69, 9.17) is 9.47 Å². The lowest BCUT2D eigenvalue weighted by atomic mass is 9.77. The molecule has 1 unspecified atom stereocenters. The Morgan fingerprint density at radius 3 is 2.50 bits per heavy atom. The number of amides is 1. The Morgan fingerprint density at radius 2 is 1.96 bits per heavy atom. The highest BCUT2D eigenvalue weighted by atomic mass is 32.1. The van der Waals surface area contributed by atoms with Crippen molar-refractivity contribution in [2.24, 2.45) is 5.41 Å². The van der Waals surface area contributed by atoms with Crippen LogP contribution in [-0.2, 0) is 9.47 Å². The zero-order chi connectivity index (χ0) is 16.9. The molecule has 1 spiro atoms. The Bertz CT molecular complexity index is 655. The molecule has 1 aromatic rings. The molecule has 1 N–H and O–H groups in total. The highest BCUT2D eigenvalue weighted by molar-refractivity contribution is 7.78. The normalized spacial score (nSPS) is 24.8. The number of halogens is 2. The van der Waals surface area contributed by atoms with Crippen LogP contribution in [0.5, 0.6) is 0 Å². The summed E-state index contributed by atoms with van der Waals surface area (Å²) in [5.74, 6) is -1.35. The van der Waals surface area contributed by atoms with E-state index in [0.29, 0.717) is 32.8 Å². The molecule has 1 amide bonds. The van der Waals surface area contributed by atoms with Crippen LogP contribution in [0.25, 0.3) is 0 Å². The van der Waals surface area contributed by atoms with Gasteiger partial charge in [0, 0.05) is 31.8 Å². The first-order chi connectivity index (χ1) is 11.5. The fraction of sp³-hybridized carbons (Fsp3) is 0.533. The molecule has 1 atom stereocenters. The van der Waals surface area contributed by atoms with Crippen molar-refractivity contribution < 1.29 is 23.0 Å². The maximum atomic E-state index is 14.5. The Balaban J connectivity index is 1.53. The molecule has 24 heavy (non-hydrogen) atoms. The van der Waals surface area contributed by atoms with Gasteiger partial charge in [0.05, 0.1) is 30.9 Å². The average Bonchev–Trinajstić information content (AvgIpc) is 2.79. The summed E-state index contributed by atoms with van der Waals surface area (Å²) in [6.07, 6.45) is -1.03. The summed E-state index contributed by atoms with van der Waals surface area (Å²) >= 11 is 3.86. The van der Waals surface area contributed by atoms with Crippen LogP contribution in [0.15, 0.2) is 12.1 Å². The Morgan fingerprint density at radius 1 is 1.29 bits per heavy atom. The predicted molar refractivity (Wildman–Crippen MR) is 86.4 cm³/mol. The van der Waals surface area contributed by atoms with Crippen molar-refractivity contribution >= 4 is 30.3 Å². The highest BCUT2D eigenvalue weighted by Gasteiger charge is 2.50. The fourth-order valence-electron chi connectivity index (χ4n) is 3.45. The second-order valence-electron chi connectivity index (χ2n) is 6.59. The molecule has 0 aromatic heterocycles. The largest absolute Gasteiger partial charge is 0.443 e. The monoisotopic (exact) mass is 357 g/mol. The van der Waals surface area contributed by atoms with Gasteiger partial charge in [-0.2, -0.15) is 0 Å². The first-order valence-corrected chi connectivity index (χ1v) is 8.13. The zero-order valence-corrected chi connectivity index (χ0v) is 13.7. The van der Waals surface area contributed by atoms with Gasteiger partial charge in [-0.15, -0.1) is 0 Å². The van der Waals surface area contributed by atoms with Gasteiger partial charge in [0.25, 0.3) is 0 Å². The molecule has 130 valence electrons. The molecular formula is C15H17F2N3O3S. The Hall–Kier alpha value is -1.58. The zero-order valence-electron chi connectivity index (χ0n) is 12.8. The minimum Gasteiger partial charge on any atom is -0.443 e. The molecule has 4 rings (SSSR count). The minimum atomic E-state index is -0.677. The van der Waals surface area contributed by atoms with Gasteiger partial charge in [-0.05, 0) is 0 Å². The summed E-state index contributed by atoms with van der Waals surface area (Å²) in [5.41, 5.74) is 0.170. The van der Waals surface area contributed by atoms with Crippen LogP contribution in [0, 0.1) is 17.0 Å². The van der Waals surface area contributed by atoms with E-state index in [-0.39, 0.29) is 23.3 Å². The van der Waals surface area contributed by atoms with Crippen LogP contribution in [-0.4, -0.2) is 51.6 Å². The van der Waals surface area contributed by atoms with Crippen molar-refractivity contribution in [3.63, 3.8) is 0 Å². The highest BCUT2D eigenvalue weighted by Crippen LogP contribution is 2.42. The number of benzene rings is 1. The standard InChI is InChI=1S/C15H17F2N3O3S/c16-11-1-9(20-4-10(3-18-24)23-14(20)21)2-12(17)13(11)19-5-15(6-19)7-22-8-15/h1-2,10,18,24H,3-8H2. The SMILES string of the molecule is O=C1OC(CNS)CN1c1cc(F)c(N2CC3(COC3)C2)c(F)c1. The molecule has 9 heteroatoms. The second kappa shape index (κ2) is 5.75. The van der Waals surface area contributed by atoms with Crippen LogP contribution >= 0.6 is 12.8 Å². The van der Waals surface area contributed by atoms with E-state index in [1.54, 1.807) is 4.90 Å². The second-order valence-corrected chi connectivity index (χ2v) is 6.90. The molecule has 3 saturated heterocycles. The molecule has 3 aliphatic heterocycles. The lowest BCUT2D eigenvalue weighted by molar-refractivity contribution is -0.127. The van der Waals surface area contributed by atoms with Gasteiger partial charge in [-0.1, -0.05) is 12.8 Å². The number of carbonyl (C=O) groups is 1.